The molecule has 2 rings (SSSR count). The van der Waals surface area contributed by atoms with Gasteiger partial charge in [0.15, 0.2) is 0 Å². The predicted molar refractivity (Wildman–Crippen MR) is 92.4 cm³/mol. The Morgan fingerprint density at radius 1 is 1.12 bits per heavy atom. The van der Waals surface area contributed by atoms with Crippen molar-refractivity contribution in [1.82, 2.24) is 0 Å². The zero-order valence-corrected chi connectivity index (χ0v) is 13.6. The van der Waals surface area contributed by atoms with Gasteiger partial charge in [-0.15, -0.1) is 0 Å². The third kappa shape index (κ3) is 4.40. The second-order valence-electron chi connectivity index (χ2n) is 4.95. The summed E-state index contributed by atoms with van der Waals surface area (Å²) in [6.07, 6.45) is 0.250. The van der Waals surface area contributed by atoms with Gasteiger partial charge in [0, 0.05) is 19.0 Å². The predicted octanol–water partition coefficient (Wildman–Crippen LogP) is 3.02. The summed E-state index contributed by atoms with van der Waals surface area (Å²) < 4.78 is 10.4. The summed E-state index contributed by atoms with van der Waals surface area (Å²) in [6.45, 7) is 0.414. The normalized spacial score (nSPS) is 9.71. The number of carbonyl (C=O) groups excluding carboxylic acids is 1. The maximum Gasteiger partial charge on any atom is 0.226 e. The molecule has 2 N–H and O–H groups in total. The number of para-hydroxylation sites is 1. The van der Waals surface area contributed by atoms with Gasteiger partial charge in [0.1, 0.15) is 17.6 Å². The van der Waals surface area contributed by atoms with Crippen LogP contribution in [-0.2, 0) is 4.79 Å². The van der Waals surface area contributed by atoms with Crippen LogP contribution in [0.5, 0.6) is 11.5 Å². The highest BCUT2D eigenvalue weighted by molar-refractivity contribution is 5.92. The molecule has 0 fully saturated rings. The second kappa shape index (κ2) is 8.44. The molecule has 1 amide bonds. The van der Waals surface area contributed by atoms with Crippen LogP contribution in [0.25, 0.3) is 0 Å². The maximum absolute atomic E-state index is 12.1. The lowest BCUT2D eigenvalue weighted by Crippen LogP contribution is -2.17. The Labute approximate surface area is 141 Å². The van der Waals surface area contributed by atoms with Crippen LogP contribution in [0.3, 0.4) is 0 Å². The molecule has 0 aromatic heterocycles. The summed E-state index contributed by atoms with van der Waals surface area (Å²) >= 11 is 0. The van der Waals surface area contributed by atoms with Crippen molar-refractivity contribution in [3.63, 3.8) is 0 Å². The minimum absolute atomic E-state index is 0.163. The first-order valence-electron chi connectivity index (χ1n) is 7.42. The molecule has 6 heteroatoms. The van der Waals surface area contributed by atoms with E-state index in [1.807, 2.05) is 12.1 Å². The van der Waals surface area contributed by atoms with E-state index in [2.05, 4.69) is 16.7 Å². The number of methoxy groups -OCH3 is 2. The summed E-state index contributed by atoms with van der Waals surface area (Å²) in [5.41, 5.74) is 1.82. The van der Waals surface area contributed by atoms with Crippen LogP contribution in [0.4, 0.5) is 11.4 Å². The maximum atomic E-state index is 12.1. The van der Waals surface area contributed by atoms with Gasteiger partial charge in [-0.3, -0.25) is 4.79 Å². The van der Waals surface area contributed by atoms with Crippen molar-refractivity contribution in [3.05, 3.63) is 48.0 Å². The molecular weight excluding hydrogens is 306 g/mol. The van der Waals surface area contributed by atoms with Gasteiger partial charge in [-0.05, 0) is 24.3 Å². The standard InChI is InChI=1S/C18H19N3O3/c1-23-14-7-8-17(24-2)16(11-14)21-18(22)9-10-20-15-6-4-3-5-13(15)12-19/h3-8,11,20H,9-10H2,1-2H3,(H,21,22). The van der Waals surface area contributed by atoms with Gasteiger partial charge in [-0.25, -0.2) is 0 Å². The van der Waals surface area contributed by atoms with Crippen LogP contribution in [0.15, 0.2) is 42.5 Å². The number of nitrogens with zero attached hydrogens (tertiary/aromatic N) is 1. The fraction of sp³-hybridized carbons (Fsp3) is 0.222. The number of carbonyl (C=O) groups is 1. The number of hydrogen-bond acceptors (Lipinski definition) is 5. The minimum Gasteiger partial charge on any atom is -0.497 e. The zero-order chi connectivity index (χ0) is 17.4. The quantitative estimate of drug-likeness (QED) is 0.817. The molecule has 6 nitrogen and oxygen atoms in total. The van der Waals surface area contributed by atoms with Gasteiger partial charge in [0.25, 0.3) is 0 Å². The summed E-state index contributed by atoms with van der Waals surface area (Å²) in [7, 11) is 3.10. The smallest absolute Gasteiger partial charge is 0.226 e. The van der Waals surface area contributed by atoms with Crippen molar-refractivity contribution < 1.29 is 14.3 Å². The molecule has 124 valence electrons. The molecule has 2 aromatic carbocycles. The van der Waals surface area contributed by atoms with Crippen LogP contribution in [0, 0.1) is 11.3 Å². The largest absolute Gasteiger partial charge is 0.497 e. The average molecular weight is 325 g/mol. The first-order valence-corrected chi connectivity index (χ1v) is 7.42. The van der Waals surface area contributed by atoms with E-state index >= 15 is 0 Å². The molecule has 0 radical (unpaired) electrons. The van der Waals surface area contributed by atoms with Crippen LogP contribution >= 0.6 is 0 Å². The topological polar surface area (TPSA) is 83.4 Å². The molecule has 0 aliphatic rings. The first kappa shape index (κ1) is 17.2. The molecule has 0 aliphatic carbocycles. The molecule has 2 aromatic rings. The van der Waals surface area contributed by atoms with Gasteiger partial charge < -0.3 is 20.1 Å². The van der Waals surface area contributed by atoms with Crippen LogP contribution < -0.4 is 20.1 Å². The molecule has 0 aliphatic heterocycles. The monoisotopic (exact) mass is 325 g/mol. The SMILES string of the molecule is COc1ccc(OC)c(NC(=O)CCNc2ccccc2C#N)c1. The minimum atomic E-state index is -0.163. The van der Waals surface area contributed by atoms with Crippen LogP contribution in [0.1, 0.15) is 12.0 Å². The van der Waals surface area contributed by atoms with E-state index in [-0.39, 0.29) is 12.3 Å². The fourth-order valence-corrected chi connectivity index (χ4v) is 2.17. The third-order valence-corrected chi connectivity index (χ3v) is 3.40. The summed E-state index contributed by atoms with van der Waals surface area (Å²) in [4.78, 5) is 12.1. The van der Waals surface area contributed by atoms with Gasteiger partial charge in [-0.1, -0.05) is 12.1 Å². The molecule has 0 saturated carbocycles. The molecular formula is C18H19N3O3. The third-order valence-electron chi connectivity index (χ3n) is 3.40. The van der Waals surface area contributed by atoms with Crippen LogP contribution in [0.2, 0.25) is 0 Å². The number of anilines is 2. The van der Waals surface area contributed by atoms with E-state index < -0.39 is 0 Å². The number of amides is 1. The molecule has 0 atom stereocenters. The summed E-state index contributed by atoms with van der Waals surface area (Å²) in [6, 6.07) is 14.5. The van der Waals surface area contributed by atoms with Gasteiger partial charge >= 0.3 is 0 Å². The molecule has 0 bridgehead atoms. The highest BCUT2D eigenvalue weighted by Crippen LogP contribution is 2.28. The molecule has 0 unspecified atom stereocenters. The van der Waals surface area contributed by atoms with Crippen molar-refractivity contribution >= 4 is 17.3 Å². The van der Waals surface area contributed by atoms with E-state index in [0.717, 1.165) is 0 Å². The van der Waals surface area contributed by atoms with Crippen molar-refractivity contribution in [1.29, 1.82) is 5.26 Å². The number of ether oxygens (including phenoxy) is 2. The highest BCUT2D eigenvalue weighted by Gasteiger charge is 2.09. The Balaban J connectivity index is 1.93. The van der Waals surface area contributed by atoms with Crippen molar-refractivity contribution in [2.24, 2.45) is 0 Å². The number of hydrogen-bond donors (Lipinski definition) is 2. The average Bonchev–Trinajstić information content (AvgIpc) is 2.62. The molecule has 0 heterocycles. The van der Waals surface area contributed by atoms with E-state index in [0.29, 0.717) is 35.0 Å². The Hall–Kier alpha value is -3.20. The zero-order valence-electron chi connectivity index (χ0n) is 13.6. The number of nitriles is 1. The van der Waals surface area contributed by atoms with Gasteiger partial charge in [0.05, 0.1) is 31.2 Å². The lowest BCUT2D eigenvalue weighted by Gasteiger charge is -2.12. The second-order valence-corrected chi connectivity index (χ2v) is 4.95. The highest BCUT2D eigenvalue weighted by atomic mass is 16.5. The lowest BCUT2D eigenvalue weighted by atomic mass is 10.2. The van der Waals surface area contributed by atoms with E-state index in [1.165, 1.54) is 7.11 Å². The van der Waals surface area contributed by atoms with E-state index in [9.17, 15) is 4.79 Å². The molecule has 0 saturated heterocycles. The Morgan fingerprint density at radius 3 is 2.62 bits per heavy atom. The van der Waals surface area contributed by atoms with Crippen molar-refractivity contribution in [2.45, 2.75) is 6.42 Å². The van der Waals surface area contributed by atoms with Crippen LogP contribution in [-0.4, -0.2) is 26.7 Å². The van der Waals surface area contributed by atoms with Crippen molar-refractivity contribution in [2.75, 3.05) is 31.4 Å². The fourth-order valence-electron chi connectivity index (χ4n) is 2.17. The number of rotatable bonds is 7. The van der Waals surface area contributed by atoms with Crippen molar-refractivity contribution in [3.8, 4) is 17.6 Å². The lowest BCUT2D eigenvalue weighted by molar-refractivity contribution is -0.116. The van der Waals surface area contributed by atoms with E-state index in [1.54, 1.807) is 37.4 Å². The Bertz CT molecular complexity index is 753. The summed E-state index contributed by atoms with van der Waals surface area (Å²) in [5, 5.41) is 14.9. The van der Waals surface area contributed by atoms with Gasteiger partial charge in [0.2, 0.25) is 5.91 Å². The molecule has 0 spiro atoms. The Morgan fingerprint density at radius 2 is 1.92 bits per heavy atom. The van der Waals surface area contributed by atoms with Gasteiger partial charge in [-0.2, -0.15) is 5.26 Å². The van der Waals surface area contributed by atoms with E-state index in [4.69, 9.17) is 14.7 Å². The first-order chi connectivity index (χ1) is 11.7. The number of benzene rings is 2. The summed E-state index contributed by atoms with van der Waals surface area (Å²) in [5.74, 6) is 1.03. The molecule has 24 heavy (non-hydrogen) atoms. The number of nitrogens with one attached hydrogen (secondary N) is 2. The Kier molecular flexibility index (Phi) is 6.03.